The lowest BCUT2D eigenvalue weighted by atomic mass is 10.2. The summed E-state index contributed by atoms with van der Waals surface area (Å²) in [6, 6.07) is 13.5. The highest BCUT2D eigenvalue weighted by Crippen LogP contribution is 2.28. The van der Waals surface area contributed by atoms with Gasteiger partial charge in [0, 0.05) is 11.0 Å². The molecule has 6 heteroatoms. The monoisotopic (exact) mass is 297 g/mol. The van der Waals surface area contributed by atoms with Crippen LogP contribution in [0.25, 0.3) is 16.2 Å². The van der Waals surface area contributed by atoms with Crippen molar-refractivity contribution in [3.63, 3.8) is 0 Å². The Morgan fingerprint density at radius 1 is 1.19 bits per heavy atom. The number of aromatic nitrogens is 3. The van der Waals surface area contributed by atoms with Crippen LogP contribution in [0.2, 0.25) is 0 Å². The number of hydrogen-bond acceptors (Lipinski definition) is 5. The average molecular weight is 297 g/mol. The second kappa shape index (κ2) is 5.72. The summed E-state index contributed by atoms with van der Waals surface area (Å²) in [5.41, 5.74) is 1.06. The van der Waals surface area contributed by atoms with Gasteiger partial charge in [0.25, 0.3) is 0 Å². The van der Waals surface area contributed by atoms with E-state index in [0.29, 0.717) is 4.88 Å². The molecule has 5 nitrogen and oxygen atoms in total. The Bertz CT molecular complexity index is 776. The van der Waals surface area contributed by atoms with Gasteiger partial charge in [-0.1, -0.05) is 30.3 Å². The fourth-order valence-electron chi connectivity index (χ4n) is 1.82. The molecular formula is C15H11N3O2S. The van der Waals surface area contributed by atoms with Crippen molar-refractivity contribution in [3.05, 3.63) is 65.6 Å². The van der Waals surface area contributed by atoms with Gasteiger partial charge < -0.3 is 5.11 Å². The number of aliphatic hydroxyl groups excluding tert-OH is 1. The third-order valence-electron chi connectivity index (χ3n) is 2.83. The predicted molar refractivity (Wildman–Crippen MR) is 81.1 cm³/mol. The Balaban J connectivity index is 1.84. The highest BCUT2D eigenvalue weighted by molar-refractivity contribution is 7.17. The normalized spacial score (nSPS) is 11.5. The molecule has 3 aromatic rings. The number of nitrogens with one attached hydrogen (secondary N) is 1. The topological polar surface area (TPSA) is 78.9 Å². The van der Waals surface area contributed by atoms with E-state index in [9.17, 15) is 9.90 Å². The van der Waals surface area contributed by atoms with Crippen LogP contribution in [0.3, 0.4) is 0 Å². The molecular weight excluding hydrogens is 286 g/mol. The van der Waals surface area contributed by atoms with Gasteiger partial charge in [0.1, 0.15) is 6.33 Å². The maximum absolute atomic E-state index is 12.1. The van der Waals surface area contributed by atoms with E-state index in [2.05, 4.69) is 15.2 Å². The maximum Gasteiger partial charge on any atom is 0.199 e. The van der Waals surface area contributed by atoms with E-state index in [1.165, 1.54) is 17.7 Å². The minimum absolute atomic E-state index is 0.170. The van der Waals surface area contributed by atoms with Crippen molar-refractivity contribution in [3.8, 4) is 10.4 Å². The molecule has 104 valence electrons. The molecule has 0 saturated carbocycles. The number of hydrogen-bond donors (Lipinski definition) is 2. The van der Waals surface area contributed by atoms with Crippen LogP contribution >= 0.6 is 11.3 Å². The third-order valence-corrected chi connectivity index (χ3v) is 3.98. The van der Waals surface area contributed by atoms with Crippen LogP contribution < -0.4 is 0 Å². The van der Waals surface area contributed by atoms with Crippen LogP contribution in [0.4, 0.5) is 0 Å². The molecule has 0 radical (unpaired) electrons. The first-order valence-electron chi connectivity index (χ1n) is 6.20. The highest BCUT2D eigenvalue weighted by Gasteiger charge is 2.11. The molecule has 3 rings (SSSR count). The van der Waals surface area contributed by atoms with E-state index < -0.39 is 0 Å². The number of aliphatic hydroxyl groups is 1. The number of thiophene rings is 1. The Labute approximate surface area is 124 Å². The zero-order valence-electron chi connectivity index (χ0n) is 10.9. The summed E-state index contributed by atoms with van der Waals surface area (Å²) >= 11 is 1.38. The first-order valence-corrected chi connectivity index (χ1v) is 7.01. The second-order valence-electron chi connectivity index (χ2n) is 4.26. The van der Waals surface area contributed by atoms with Crippen LogP contribution in [-0.4, -0.2) is 26.1 Å². The summed E-state index contributed by atoms with van der Waals surface area (Å²) in [7, 11) is 0. The van der Waals surface area contributed by atoms with E-state index in [1.54, 1.807) is 6.07 Å². The Morgan fingerprint density at radius 2 is 2.00 bits per heavy atom. The predicted octanol–water partition coefficient (Wildman–Crippen LogP) is 3.32. The quantitative estimate of drug-likeness (QED) is 0.440. The van der Waals surface area contributed by atoms with Crippen LogP contribution in [-0.2, 0) is 0 Å². The van der Waals surface area contributed by atoms with Crippen molar-refractivity contribution >= 4 is 22.9 Å². The molecule has 0 aliphatic heterocycles. The number of ketones is 1. The van der Waals surface area contributed by atoms with E-state index >= 15 is 0 Å². The molecule has 0 aliphatic carbocycles. The molecule has 2 aromatic heterocycles. The maximum atomic E-state index is 12.1. The molecule has 2 N–H and O–H groups in total. The van der Waals surface area contributed by atoms with Gasteiger partial charge in [-0.2, -0.15) is 5.10 Å². The summed E-state index contributed by atoms with van der Waals surface area (Å²) in [5.74, 6) is -0.327. The number of H-pyrrole nitrogens is 1. The van der Waals surface area contributed by atoms with Gasteiger partial charge in [0.15, 0.2) is 17.4 Å². The smallest absolute Gasteiger partial charge is 0.199 e. The number of rotatable bonds is 4. The zero-order chi connectivity index (χ0) is 14.7. The molecule has 0 saturated heterocycles. The fraction of sp³-hybridized carbons (Fsp3) is 0. The lowest BCUT2D eigenvalue weighted by Crippen LogP contribution is -1.94. The molecule has 21 heavy (non-hydrogen) atoms. The van der Waals surface area contributed by atoms with Crippen molar-refractivity contribution in [2.75, 3.05) is 0 Å². The van der Waals surface area contributed by atoms with Crippen molar-refractivity contribution in [1.82, 2.24) is 15.2 Å². The summed E-state index contributed by atoms with van der Waals surface area (Å²) in [6.45, 7) is 0. The molecule has 0 unspecified atom stereocenters. The molecule has 0 spiro atoms. The van der Waals surface area contributed by atoms with Gasteiger partial charge in [-0.05, 0) is 17.7 Å². The Morgan fingerprint density at radius 3 is 2.71 bits per heavy atom. The van der Waals surface area contributed by atoms with Crippen LogP contribution in [0.1, 0.15) is 15.5 Å². The summed E-state index contributed by atoms with van der Waals surface area (Å²) < 4.78 is 0. The molecule has 1 aromatic carbocycles. The number of aromatic amines is 1. The Hall–Kier alpha value is -2.73. The first kappa shape index (κ1) is 13.3. The largest absolute Gasteiger partial charge is 0.504 e. The third kappa shape index (κ3) is 2.90. The van der Waals surface area contributed by atoms with E-state index in [0.717, 1.165) is 16.5 Å². The average Bonchev–Trinajstić information content (AvgIpc) is 3.20. The van der Waals surface area contributed by atoms with Gasteiger partial charge in [0.2, 0.25) is 0 Å². The number of allylic oxidation sites excluding steroid dienone is 1. The lowest BCUT2D eigenvalue weighted by molar-refractivity contribution is 0.104. The summed E-state index contributed by atoms with van der Waals surface area (Å²) in [4.78, 5) is 17.5. The number of carbonyl (C=O) groups is 1. The van der Waals surface area contributed by atoms with Gasteiger partial charge in [-0.3, -0.25) is 9.89 Å². The van der Waals surface area contributed by atoms with Crippen LogP contribution in [0, 0.1) is 0 Å². The summed E-state index contributed by atoms with van der Waals surface area (Å²) in [6.07, 6.45) is 2.41. The summed E-state index contributed by atoms with van der Waals surface area (Å²) in [5, 5.41) is 15.9. The van der Waals surface area contributed by atoms with E-state index in [-0.39, 0.29) is 17.4 Å². The molecule has 2 heterocycles. The van der Waals surface area contributed by atoms with Crippen LogP contribution in [0.5, 0.6) is 0 Å². The van der Waals surface area contributed by atoms with Crippen molar-refractivity contribution in [2.24, 2.45) is 0 Å². The number of carbonyl (C=O) groups excluding carboxylic acids is 1. The van der Waals surface area contributed by atoms with Crippen molar-refractivity contribution in [1.29, 1.82) is 0 Å². The minimum atomic E-state index is -0.268. The minimum Gasteiger partial charge on any atom is -0.504 e. The van der Waals surface area contributed by atoms with Crippen LogP contribution in [0.15, 0.2) is 54.9 Å². The second-order valence-corrected chi connectivity index (χ2v) is 5.34. The Kier molecular flexibility index (Phi) is 3.61. The molecule has 0 atom stereocenters. The molecule has 0 bridgehead atoms. The number of nitrogens with zero attached hydrogens (tertiary/aromatic N) is 2. The van der Waals surface area contributed by atoms with Crippen molar-refractivity contribution < 1.29 is 9.90 Å². The zero-order valence-corrected chi connectivity index (χ0v) is 11.7. The highest BCUT2D eigenvalue weighted by atomic mass is 32.1. The number of benzene rings is 1. The first-order chi connectivity index (χ1) is 10.2. The van der Waals surface area contributed by atoms with Gasteiger partial charge >= 0.3 is 0 Å². The van der Waals surface area contributed by atoms with Gasteiger partial charge in [0.05, 0.1) is 4.88 Å². The molecule has 0 amide bonds. The van der Waals surface area contributed by atoms with Gasteiger partial charge in [-0.25, -0.2) is 4.98 Å². The lowest BCUT2D eigenvalue weighted by Gasteiger charge is -1.95. The van der Waals surface area contributed by atoms with E-state index in [1.807, 2.05) is 36.4 Å². The van der Waals surface area contributed by atoms with Crippen molar-refractivity contribution in [2.45, 2.75) is 0 Å². The molecule has 0 fully saturated rings. The van der Waals surface area contributed by atoms with E-state index in [4.69, 9.17) is 0 Å². The SMILES string of the molecule is O=C(C=C(O)c1ncn[nH]1)c1ccc(-c2ccccc2)s1. The molecule has 0 aliphatic rings. The standard InChI is InChI=1S/C15H11N3O2S/c19-11(8-12(20)15-16-9-17-18-15)14-7-6-13(21-14)10-4-2-1-3-5-10/h1-9,20H,(H,16,17,18). The fourth-order valence-corrected chi connectivity index (χ4v) is 2.74. The van der Waals surface area contributed by atoms with Gasteiger partial charge in [-0.15, -0.1) is 11.3 Å².